The summed E-state index contributed by atoms with van der Waals surface area (Å²) in [7, 11) is 1.74. The van der Waals surface area contributed by atoms with Crippen molar-refractivity contribution in [3.63, 3.8) is 0 Å². The van der Waals surface area contributed by atoms with E-state index < -0.39 is 0 Å². The summed E-state index contributed by atoms with van der Waals surface area (Å²) in [5, 5.41) is 3.27. The predicted molar refractivity (Wildman–Crippen MR) is 120 cm³/mol. The Morgan fingerprint density at radius 3 is 2.53 bits per heavy atom. The number of amides is 2. The average molecular weight is 446 g/mol. The lowest BCUT2D eigenvalue weighted by Gasteiger charge is -2.43. The molecule has 1 aromatic carbocycles. The molecule has 1 N–H and O–H groups in total. The molecule has 3 fully saturated rings. The number of hydrogen-bond acceptors (Lipinski definition) is 4. The van der Waals surface area contributed by atoms with Crippen LogP contribution in [0.2, 0.25) is 0 Å². The number of carbonyl (C=O) groups excluding carboxylic acids is 2. The largest absolute Gasteiger partial charge is 0.381 e. The number of ether oxygens (including phenoxy) is 1. The van der Waals surface area contributed by atoms with E-state index in [0.717, 1.165) is 51.3 Å². The van der Waals surface area contributed by atoms with Gasteiger partial charge < -0.3 is 19.9 Å². The molecule has 3 aliphatic heterocycles. The van der Waals surface area contributed by atoms with Gasteiger partial charge in [0, 0.05) is 45.2 Å². The Labute approximate surface area is 190 Å². The zero-order valence-corrected chi connectivity index (χ0v) is 19.2. The fourth-order valence-corrected chi connectivity index (χ4v) is 5.62. The van der Waals surface area contributed by atoms with Gasteiger partial charge >= 0.3 is 0 Å². The van der Waals surface area contributed by atoms with Gasteiger partial charge in [0.05, 0.1) is 12.0 Å². The van der Waals surface area contributed by atoms with Gasteiger partial charge in [-0.25, -0.2) is 4.39 Å². The van der Waals surface area contributed by atoms with Gasteiger partial charge in [-0.05, 0) is 62.9 Å². The third-order valence-corrected chi connectivity index (χ3v) is 7.61. The van der Waals surface area contributed by atoms with Crippen molar-refractivity contribution < 1.29 is 18.7 Å². The second-order valence-corrected chi connectivity index (χ2v) is 9.81. The maximum atomic E-state index is 13.5. The van der Waals surface area contributed by atoms with E-state index in [-0.39, 0.29) is 35.0 Å². The molecule has 3 saturated heterocycles. The van der Waals surface area contributed by atoms with Crippen LogP contribution in [0.1, 0.15) is 56.6 Å². The summed E-state index contributed by atoms with van der Waals surface area (Å²) < 4.78 is 19.1. The van der Waals surface area contributed by atoms with Gasteiger partial charge in [-0.15, -0.1) is 0 Å². The molecule has 0 radical (unpaired) electrons. The smallest absolute Gasteiger partial charge is 0.225 e. The number of likely N-dealkylation sites (tertiary alicyclic amines) is 2. The summed E-state index contributed by atoms with van der Waals surface area (Å²) >= 11 is 0. The van der Waals surface area contributed by atoms with Crippen LogP contribution in [0.4, 0.5) is 4.39 Å². The number of benzene rings is 1. The van der Waals surface area contributed by atoms with Gasteiger partial charge in [-0.3, -0.25) is 9.59 Å². The van der Waals surface area contributed by atoms with Gasteiger partial charge in [0.1, 0.15) is 5.82 Å². The molecular formula is C25H36FN3O3. The molecule has 32 heavy (non-hydrogen) atoms. The Bertz CT molecular complexity index is 788. The molecule has 2 atom stereocenters. The number of piperidine rings is 2. The van der Waals surface area contributed by atoms with Crippen molar-refractivity contribution in [3.05, 3.63) is 35.6 Å². The minimum Gasteiger partial charge on any atom is -0.381 e. The van der Waals surface area contributed by atoms with Gasteiger partial charge in [0.15, 0.2) is 0 Å². The molecule has 0 aliphatic carbocycles. The SMILES string of the molecule is CN1C(=O)CCC(C(=O)NCC2(CN3CCCCC3)CCOCC2)C1c1ccc(F)cc1. The van der Waals surface area contributed by atoms with Crippen LogP contribution in [-0.4, -0.2) is 68.1 Å². The lowest BCUT2D eigenvalue weighted by Crippen LogP contribution is -2.52. The third-order valence-electron chi connectivity index (χ3n) is 7.61. The monoisotopic (exact) mass is 445 g/mol. The van der Waals surface area contributed by atoms with Gasteiger partial charge in [-0.2, -0.15) is 0 Å². The fourth-order valence-electron chi connectivity index (χ4n) is 5.62. The maximum Gasteiger partial charge on any atom is 0.225 e. The number of rotatable bonds is 6. The third kappa shape index (κ3) is 5.31. The van der Waals surface area contributed by atoms with Crippen molar-refractivity contribution >= 4 is 11.8 Å². The van der Waals surface area contributed by atoms with Gasteiger partial charge in [0.25, 0.3) is 0 Å². The van der Waals surface area contributed by atoms with Crippen LogP contribution in [-0.2, 0) is 14.3 Å². The first kappa shape index (κ1) is 23.2. The molecule has 1 aromatic rings. The second kappa shape index (κ2) is 10.3. The van der Waals surface area contributed by atoms with E-state index in [9.17, 15) is 14.0 Å². The molecule has 0 bridgehead atoms. The molecule has 4 rings (SSSR count). The summed E-state index contributed by atoms with van der Waals surface area (Å²) in [4.78, 5) is 30.0. The topological polar surface area (TPSA) is 61.9 Å². The minimum atomic E-state index is -0.371. The van der Waals surface area contributed by atoms with Crippen molar-refractivity contribution in [1.82, 2.24) is 15.1 Å². The highest BCUT2D eigenvalue weighted by Gasteiger charge is 2.41. The maximum absolute atomic E-state index is 13.5. The molecule has 176 valence electrons. The zero-order chi connectivity index (χ0) is 22.6. The van der Waals surface area contributed by atoms with Crippen molar-refractivity contribution in [2.24, 2.45) is 11.3 Å². The standard InChI is InChI=1S/C25H36FN3O3/c1-28-22(30)10-9-21(23(28)19-5-7-20(26)8-6-19)24(31)27-17-25(11-15-32-16-12-25)18-29-13-3-2-4-14-29/h5-8,21,23H,2-4,9-18H2,1H3,(H,27,31). The zero-order valence-electron chi connectivity index (χ0n) is 19.2. The second-order valence-electron chi connectivity index (χ2n) is 9.81. The Balaban J connectivity index is 1.46. The number of nitrogens with one attached hydrogen (secondary N) is 1. The van der Waals surface area contributed by atoms with E-state index in [4.69, 9.17) is 4.74 Å². The number of halogens is 1. The van der Waals surface area contributed by atoms with E-state index in [1.54, 1.807) is 24.1 Å². The van der Waals surface area contributed by atoms with E-state index in [1.807, 2.05) is 0 Å². The molecule has 0 saturated carbocycles. The molecule has 2 amide bonds. The first-order valence-corrected chi connectivity index (χ1v) is 12.1. The molecule has 2 unspecified atom stereocenters. The van der Waals surface area contributed by atoms with Crippen LogP contribution in [0.3, 0.4) is 0 Å². The summed E-state index contributed by atoms with van der Waals surface area (Å²) in [6, 6.07) is 5.79. The Kier molecular flexibility index (Phi) is 7.46. The summed E-state index contributed by atoms with van der Waals surface area (Å²) in [6.07, 6.45) is 6.59. The highest BCUT2D eigenvalue weighted by Crippen LogP contribution is 2.37. The van der Waals surface area contributed by atoms with Crippen molar-refractivity contribution in [2.75, 3.05) is 46.4 Å². The Morgan fingerprint density at radius 2 is 1.84 bits per heavy atom. The van der Waals surface area contributed by atoms with Crippen LogP contribution in [0.15, 0.2) is 24.3 Å². The predicted octanol–water partition coefficient (Wildman–Crippen LogP) is 3.13. The van der Waals surface area contributed by atoms with Crippen molar-refractivity contribution in [3.8, 4) is 0 Å². The number of hydrogen-bond donors (Lipinski definition) is 1. The van der Waals surface area contributed by atoms with Gasteiger partial charge in [-0.1, -0.05) is 18.6 Å². The van der Waals surface area contributed by atoms with E-state index in [0.29, 0.717) is 19.4 Å². The normalized spacial score (nSPS) is 26.7. The minimum absolute atomic E-state index is 0.0109. The number of carbonyl (C=O) groups is 2. The van der Waals surface area contributed by atoms with Crippen LogP contribution < -0.4 is 5.32 Å². The molecule has 0 aromatic heterocycles. The Hall–Kier alpha value is -1.99. The molecule has 0 spiro atoms. The molecular weight excluding hydrogens is 409 g/mol. The van der Waals surface area contributed by atoms with Crippen molar-refractivity contribution in [1.29, 1.82) is 0 Å². The first-order chi connectivity index (χ1) is 15.5. The summed E-state index contributed by atoms with van der Waals surface area (Å²) in [5.41, 5.74) is 0.837. The fraction of sp³-hybridized carbons (Fsp3) is 0.680. The number of nitrogens with zero attached hydrogens (tertiary/aromatic N) is 2. The van der Waals surface area contributed by atoms with Crippen LogP contribution in [0.25, 0.3) is 0 Å². The summed E-state index contributed by atoms with van der Waals surface area (Å²) in [5.74, 6) is -0.647. The lowest BCUT2D eigenvalue weighted by atomic mass is 9.78. The van der Waals surface area contributed by atoms with E-state index >= 15 is 0 Å². The quantitative estimate of drug-likeness (QED) is 0.731. The highest BCUT2D eigenvalue weighted by atomic mass is 19.1. The van der Waals surface area contributed by atoms with Crippen LogP contribution >= 0.6 is 0 Å². The molecule has 6 nitrogen and oxygen atoms in total. The molecule has 3 aliphatic rings. The molecule has 7 heteroatoms. The Morgan fingerprint density at radius 1 is 1.16 bits per heavy atom. The average Bonchev–Trinajstić information content (AvgIpc) is 2.81. The lowest BCUT2D eigenvalue weighted by molar-refractivity contribution is -0.142. The van der Waals surface area contributed by atoms with E-state index in [1.165, 1.54) is 31.4 Å². The van der Waals surface area contributed by atoms with Crippen LogP contribution in [0.5, 0.6) is 0 Å². The molecule has 3 heterocycles. The van der Waals surface area contributed by atoms with Crippen LogP contribution in [0, 0.1) is 17.2 Å². The van der Waals surface area contributed by atoms with E-state index in [2.05, 4.69) is 10.2 Å². The first-order valence-electron chi connectivity index (χ1n) is 12.1. The van der Waals surface area contributed by atoms with Crippen molar-refractivity contribution in [2.45, 2.75) is 51.0 Å². The van der Waals surface area contributed by atoms with Gasteiger partial charge in [0.2, 0.25) is 11.8 Å². The highest BCUT2D eigenvalue weighted by molar-refractivity contribution is 5.84. The summed E-state index contributed by atoms with van der Waals surface area (Å²) in [6.45, 7) is 5.39.